The predicted molar refractivity (Wildman–Crippen MR) is 117 cm³/mol. The van der Waals surface area contributed by atoms with E-state index in [-0.39, 0.29) is 24.1 Å². The molecule has 4 rings (SSSR count). The number of nitrogens with one attached hydrogen (secondary N) is 1. The largest absolute Gasteiger partial charge is 0.494 e. The minimum Gasteiger partial charge on any atom is -0.494 e. The third-order valence-electron chi connectivity index (χ3n) is 5.19. The van der Waals surface area contributed by atoms with Crippen LogP contribution in [-0.2, 0) is 24.3 Å². The Morgan fingerprint density at radius 3 is 2.61 bits per heavy atom. The number of fused-ring (bicyclic) bond motifs is 1. The van der Waals surface area contributed by atoms with Gasteiger partial charge in [-0.1, -0.05) is 24.3 Å². The van der Waals surface area contributed by atoms with E-state index in [0.29, 0.717) is 25.3 Å². The maximum absolute atomic E-state index is 13.5. The predicted octanol–water partition coefficient (Wildman–Crippen LogP) is 4.24. The Labute approximate surface area is 180 Å². The number of nitrogens with zero attached hydrogens (tertiary/aromatic N) is 1. The summed E-state index contributed by atoms with van der Waals surface area (Å²) in [5, 5.41) is 2.91. The fourth-order valence-corrected chi connectivity index (χ4v) is 3.67. The zero-order valence-corrected chi connectivity index (χ0v) is 17.2. The van der Waals surface area contributed by atoms with Gasteiger partial charge in [0.25, 0.3) is 5.91 Å². The summed E-state index contributed by atoms with van der Waals surface area (Å²) in [5.41, 5.74) is 3.75. The normalized spacial score (nSPS) is 12.6. The monoisotopic (exact) mass is 418 g/mol. The van der Waals surface area contributed by atoms with Crippen molar-refractivity contribution < 1.29 is 18.7 Å². The molecule has 0 aromatic heterocycles. The Morgan fingerprint density at radius 1 is 1.06 bits per heavy atom. The van der Waals surface area contributed by atoms with Gasteiger partial charge in [-0.05, 0) is 66.1 Å². The third kappa shape index (κ3) is 4.74. The minimum absolute atomic E-state index is 0.0637. The van der Waals surface area contributed by atoms with E-state index in [2.05, 4.69) is 5.32 Å². The van der Waals surface area contributed by atoms with E-state index >= 15 is 0 Å². The summed E-state index contributed by atoms with van der Waals surface area (Å²) in [7, 11) is 0. The standard InChI is InChI=1S/C25H23FN2O3/c1-2-31-22-9-6-17(7-10-22)15-27-25(30)19-8-11-23-20(13-19)14-24(29)28(23)16-18-4-3-5-21(26)12-18/h3-13H,2,14-16H2,1H3,(H,27,30). The Kier molecular flexibility index (Phi) is 5.98. The second kappa shape index (κ2) is 9.00. The van der Waals surface area contributed by atoms with Crippen molar-refractivity contribution >= 4 is 17.5 Å². The van der Waals surface area contributed by atoms with E-state index in [0.717, 1.165) is 28.1 Å². The molecule has 1 heterocycles. The zero-order valence-electron chi connectivity index (χ0n) is 17.2. The molecule has 3 aromatic carbocycles. The number of anilines is 1. The lowest BCUT2D eigenvalue weighted by Gasteiger charge is -2.18. The molecule has 31 heavy (non-hydrogen) atoms. The Morgan fingerprint density at radius 2 is 1.87 bits per heavy atom. The molecular weight excluding hydrogens is 395 g/mol. The number of carbonyl (C=O) groups excluding carboxylic acids is 2. The molecule has 5 nitrogen and oxygen atoms in total. The highest BCUT2D eigenvalue weighted by molar-refractivity contribution is 6.03. The molecule has 1 N–H and O–H groups in total. The van der Waals surface area contributed by atoms with E-state index in [1.54, 1.807) is 35.2 Å². The van der Waals surface area contributed by atoms with Crippen molar-refractivity contribution in [2.45, 2.75) is 26.4 Å². The van der Waals surface area contributed by atoms with Crippen molar-refractivity contribution in [1.29, 1.82) is 0 Å². The highest BCUT2D eigenvalue weighted by Gasteiger charge is 2.28. The van der Waals surface area contributed by atoms with Crippen LogP contribution in [0.25, 0.3) is 0 Å². The van der Waals surface area contributed by atoms with Crippen molar-refractivity contribution in [3.05, 3.63) is 94.8 Å². The summed E-state index contributed by atoms with van der Waals surface area (Å²) in [4.78, 5) is 26.7. The van der Waals surface area contributed by atoms with Gasteiger partial charge >= 0.3 is 0 Å². The highest BCUT2D eigenvalue weighted by atomic mass is 19.1. The molecule has 0 aliphatic carbocycles. The van der Waals surface area contributed by atoms with Crippen LogP contribution in [-0.4, -0.2) is 18.4 Å². The van der Waals surface area contributed by atoms with Crippen LogP contribution in [0.4, 0.5) is 10.1 Å². The summed E-state index contributed by atoms with van der Waals surface area (Å²) in [5.74, 6) is 0.200. The quantitative estimate of drug-likeness (QED) is 0.624. The fourth-order valence-electron chi connectivity index (χ4n) is 3.67. The van der Waals surface area contributed by atoms with Gasteiger partial charge in [-0.3, -0.25) is 9.59 Å². The summed E-state index contributed by atoms with van der Waals surface area (Å²) in [6.07, 6.45) is 0.227. The van der Waals surface area contributed by atoms with Crippen molar-refractivity contribution in [2.75, 3.05) is 11.5 Å². The number of carbonyl (C=O) groups is 2. The molecule has 6 heteroatoms. The number of rotatable bonds is 7. The first kappa shape index (κ1) is 20.6. The molecule has 0 saturated carbocycles. The minimum atomic E-state index is -0.330. The van der Waals surface area contributed by atoms with E-state index < -0.39 is 0 Å². The highest BCUT2D eigenvalue weighted by Crippen LogP contribution is 2.31. The summed E-state index contributed by atoms with van der Waals surface area (Å²) in [6, 6.07) is 19.0. The summed E-state index contributed by atoms with van der Waals surface area (Å²) in [6.45, 7) is 3.23. The number of hydrogen-bond acceptors (Lipinski definition) is 3. The summed E-state index contributed by atoms with van der Waals surface area (Å²) >= 11 is 0. The SMILES string of the molecule is CCOc1ccc(CNC(=O)c2ccc3c(c2)CC(=O)N3Cc2cccc(F)c2)cc1. The van der Waals surface area contributed by atoms with Crippen molar-refractivity contribution in [3.8, 4) is 5.75 Å². The average molecular weight is 418 g/mol. The lowest BCUT2D eigenvalue weighted by atomic mass is 10.1. The maximum Gasteiger partial charge on any atom is 0.251 e. The number of benzene rings is 3. The molecule has 1 aliphatic rings. The molecule has 0 saturated heterocycles. The molecule has 2 amide bonds. The number of hydrogen-bond donors (Lipinski definition) is 1. The van der Waals surface area contributed by atoms with Gasteiger partial charge in [-0.2, -0.15) is 0 Å². The topological polar surface area (TPSA) is 58.6 Å². The Bertz CT molecular complexity index is 1110. The maximum atomic E-state index is 13.5. The van der Waals surface area contributed by atoms with E-state index in [9.17, 15) is 14.0 Å². The van der Waals surface area contributed by atoms with Gasteiger partial charge in [-0.15, -0.1) is 0 Å². The number of amides is 2. The molecule has 1 aliphatic heterocycles. The number of halogens is 1. The lowest BCUT2D eigenvalue weighted by molar-refractivity contribution is -0.117. The van der Waals surface area contributed by atoms with Gasteiger partial charge in [0.2, 0.25) is 5.91 Å². The zero-order chi connectivity index (χ0) is 21.8. The van der Waals surface area contributed by atoms with Crippen LogP contribution in [0.3, 0.4) is 0 Å². The van der Waals surface area contributed by atoms with Crippen LogP contribution < -0.4 is 15.0 Å². The molecule has 158 valence electrons. The van der Waals surface area contributed by atoms with Crippen LogP contribution in [0, 0.1) is 5.82 Å². The van der Waals surface area contributed by atoms with Crippen LogP contribution in [0.5, 0.6) is 5.75 Å². The molecule has 3 aromatic rings. The molecule has 0 atom stereocenters. The van der Waals surface area contributed by atoms with Gasteiger partial charge in [0.1, 0.15) is 11.6 Å². The average Bonchev–Trinajstić information content (AvgIpc) is 3.07. The summed E-state index contributed by atoms with van der Waals surface area (Å²) < 4.78 is 18.9. The molecule has 0 bridgehead atoms. The Hall–Kier alpha value is -3.67. The van der Waals surface area contributed by atoms with E-state index in [1.165, 1.54) is 12.1 Å². The van der Waals surface area contributed by atoms with Gasteiger partial charge in [0.15, 0.2) is 0 Å². The fraction of sp³-hybridized carbons (Fsp3) is 0.200. The van der Waals surface area contributed by atoms with Crippen LogP contribution in [0.15, 0.2) is 66.7 Å². The van der Waals surface area contributed by atoms with Crippen molar-refractivity contribution in [1.82, 2.24) is 5.32 Å². The smallest absolute Gasteiger partial charge is 0.251 e. The van der Waals surface area contributed by atoms with Gasteiger partial charge in [-0.25, -0.2) is 4.39 Å². The third-order valence-corrected chi connectivity index (χ3v) is 5.19. The van der Waals surface area contributed by atoms with Crippen molar-refractivity contribution in [2.24, 2.45) is 0 Å². The van der Waals surface area contributed by atoms with Crippen LogP contribution >= 0.6 is 0 Å². The first-order chi connectivity index (χ1) is 15.0. The molecule has 0 fully saturated rings. The van der Waals surface area contributed by atoms with Crippen molar-refractivity contribution in [3.63, 3.8) is 0 Å². The molecule has 0 radical (unpaired) electrons. The van der Waals surface area contributed by atoms with E-state index in [1.807, 2.05) is 31.2 Å². The Balaban J connectivity index is 1.42. The van der Waals surface area contributed by atoms with Gasteiger partial charge in [0.05, 0.1) is 19.6 Å². The van der Waals surface area contributed by atoms with Gasteiger partial charge in [0, 0.05) is 17.8 Å². The lowest BCUT2D eigenvalue weighted by Crippen LogP contribution is -2.26. The first-order valence-electron chi connectivity index (χ1n) is 10.2. The number of ether oxygens (including phenoxy) is 1. The second-order valence-corrected chi connectivity index (χ2v) is 7.39. The first-order valence-corrected chi connectivity index (χ1v) is 10.2. The molecule has 0 unspecified atom stereocenters. The molecule has 0 spiro atoms. The molecular formula is C25H23FN2O3. The van der Waals surface area contributed by atoms with Crippen LogP contribution in [0.1, 0.15) is 34.0 Å². The second-order valence-electron chi connectivity index (χ2n) is 7.39. The van der Waals surface area contributed by atoms with Crippen LogP contribution in [0.2, 0.25) is 0 Å². The van der Waals surface area contributed by atoms with Gasteiger partial charge < -0.3 is 15.0 Å². The van der Waals surface area contributed by atoms with E-state index in [4.69, 9.17) is 4.74 Å².